The molecule has 0 amide bonds. The van der Waals surface area contributed by atoms with Crippen molar-refractivity contribution >= 4 is 5.97 Å². The van der Waals surface area contributed by atoms with Gasteiger partial charge in [0, 0.05) is 25.7 Å². The third kappa shape index (κ3) is 3.31. The summed E-state index contributed by atoms with van der Waals surface area (Å²) in [6.45, 7) is 5.22. The van der Waals surface area contributed by atoms with Crippen molar-refractivity contribution in [3.05, 3.63) is 35.4 Å². The average Bonchev–Trinajstić information content (AvgIpc) is 2.40. The van der Waals surface area contributed by atoms with Gasteiger partial charge in [0.1, 0.15) is 0 Å². The number of hydrogen-bond acceptors (Lipinski definition) is 3. The Balaban J connectivity index is 1.99. The fourth-order valence-electron chi connectivity index (χ4n) is 2.42. The van der Waals surface area contributed by atoms with E-state index in [1.807, 2.05) is 12.1 Å². The second kappa shape index (κ2) is 5.98. The van der Waals surface area contributed by atoms with Gasteiger partial charge in [-0.05, 0) is 30.0 Å². The van der Waals surface area contributed by atoms with Gasteiger partial charge >= 0.3 is 5.97 Å². The van der Waals surface area contributed by atoms with Crippen LogP contribution < -0.4 is 10.6 Å². The topological polar surface area (TPSA) is 61.4 Å². The molecule has 0 aliphatic carbocycles. The summed E-state index contributed by atoms with van der Waals surface area (Å²) in [6, 6.07) is 7.69. The van der Waals surface area contributed by atoms with E-state index in [0.29, 0.717) is 17.5 Å². The fraction of sp³-hybridized carbons (Fsp3) is 0.500. The number of aromatic carboxylic acids is 1. The summed E-state index contributed by atoms with van der Waals surface area (Å²) in [4.78, 5) is 10.9. The maximum Gasteiger partial charge on any atom is 0.335 e. The van der Waals surface area contributed by atoms with E-state index in [9.17, 15) is 4.79 Å². The lowest BCUT2D eigenvalue weighted by atomic mass is 9.92. The first kappa shape index (κ1) is 13.1. The zero-order valence-corrected chi connectivity index (χ0v) is 10.6. The summed E-state index contributed by atoms with van der Waals surface area (Å²) in [6.07, 6.45) is 0.903. The van der Waals surface area contributed by atoms with Crippen LogP contribution in [0.1, 0.15) is 22.8 Å². The minimum atomic E-state index is -0.859. The molecular weight excluding hydrogens is 228 g/mol. The Morgan fingerprint density at radius 2 is 2.33 bits per heavy atom. The molecule has 1 aliphatic heterocycles. The van der Waals surface area contributed by atoms with Crippen LogP contribution in [0.3, 0.4) is 0 Å². The number of benzene rings is 1. The summed E-state index contributed by atoms with van der Waals surface area (Å²) in [5.74, 6) is -0.371. The van der Waals surface area contributed by atoms with E-state index in [-0.39, 0.29) is 0 Å². The van der Waals surface area contributed by atoms with Gasteiger partial charge in [-0.3, -0.25) is 0 Å². The number of piperazine rings is 1. The third-order valence-corrected chi connectivity index (χ3v) is 3.49. The Morgan fingerprint density at radius 3 is 3.00 bits per heavy atom. The van der Waals surface area contributed by atoms with Crippen LogP contribution >= 0.6 is 0 Å². The standard InChI is InChI=1S/C14H20N2O2/c1-10(13-9-15-5-6-16-13)7-11-3-2-4-12(8-11)14(17)18/h2-4,8,10,13,15-16H,5-7,9H2,1H3,(H,17,18)/t10-,13?/m1/s1. The molecule has 0 spiro atoms. The van der Waals surface area contributed by atoms with E-state index in [1.165, 1.54) is 0 Å². The predicted octanol–water partition coefficient (Wildman–Crippen LogP) is 1.12. The van der Waals surface area contributed by atoms with E-state index in [1.54, 1.807) is 12.1 Å². The molecule has 1 heterocycles. The van der Waals surface area contributed by atoms with E-state index in [2.05, 4.69) is 17.6 Å². The quantitative estimate of drug-likeness (QED) is 0.747. The van der Waals surface area contributed by atoms with E-state index >= 15 is 0 Å². The average molecular weight is 248 g/mol. The molecule has 0 aromatic heterocycles. The second-order valence-corrected chi connectivity index (χ2v) is 4.95. The highest BCUT2D eigenvalue weighted by Crippen LogP contribution is 2.14. The maximum atomic E-state index is 10.9. The van der Waals surface area contributed by atoms with Crippen molar-refractivity contribution in [1.82, 2.24) is 10.6 Å². The Kier molecular flexibility index (Phi) is 4.33. The van der Waals surface area contributed by atoms with E-state index in [4.69, 9.17) is 5.11 Å². The number of carboxylic acids is 1. The number of hydrogen-bond donors (Lipinski definition) is 3. The predicted molar refractivity (Wildman–Crippen MR) is 70.9 cm³/mol. The van der Waals surface area contributed by atoms with Gasteiger partial charge < -0.3 is 15.7 Å². The van der Waals surface area contributed by atoms with Gasteiger partial charge in [0.15, 0.2) is 0 Å². The summed E-state index contributed by atoms with van der Waals surface area (Å²) in [5, 5.41) is 15.8. The van der Waals surface area contributed by atoms with Crippen LogP contribution in [0.25, 0.3) is 0 Å². The van der Waals surface area contributed by atoms with Gasteiger partial charge in [-0.25, -0.2) is 4.79 Å². The van der Waals surface area contributed by atoms with Gasteiger partial charge in [-0.15, -0.1) is 0 Å². The molecule has 4 heteroatoms. The monoisotopic (exact) mass is 248 g/mol. The lowest BCUT2D eigenvalue weighted by molar-refractivity contribution is 0.0696. The fourth-order valence-corrected chi connectivity index (χ4v) is 2.42. The normalized spacial score (nSPS) is 21.5. The minimum Gasteiger partial charge on any atom is -0.478 e. The van der Waals surface area contributed by atoms with Gasteiger partial charge in [0.05, 0.1) is 5.56 Å². The molecule has 2 atom stereocenters. The molecule has 1 aromatic rings. The van der Waals surface area contributed by atoms with Crippen LogP contribution in [0.2, 0.25) is 0 Å². The van der Waals surface area contributed by atoms with Crippen molar-refractivity contribution < 1.29 is 9.90 Å². The highest BCUT2D eigenvalue weighted by molar-refractivity contribution is 5.87. The van der Waals surface area contributed by atoms with Crippen molar-refractivity contribution in [2.75, 3.05) is 19.6 Å². The Bertz CT molecular complexity index is 414. The van der Waals surface area contributed by atoms with Crippen LogP contribution in [0.5, 0.6) is 0 Å². The highest BCUT2D eigenvalue weighted by atomic mass is 16.4. The zero-order valence-electron chi connectivity index (χ0n) is 10.6. The summed E-state index contributed by atoms with van der Waals surface area (Å²) in [5.41, 5.74) is 1.46. The molecule has 1 fully saturated rings. The molecule has 2 rings (SSSR count). The van der Waals surface area contributed by atoms with Crippen LogP contribution in [-0.2, 0) is 6.42 Å². The number of carbonyl (C=O) groups is 1. The molecule has 98 valence electrons. The lowest BCUT2D eigenvalue weighted by Gasteiger charge is -2.29. The molecule has 0 radical (unpaired) electrons. The highest BCUT2D eigenvalue weighted by Gasteiger charge is 2.19. The van der Waals surface area contributed by atoms with E-state index in [0.717, 1.165) is 31.6 Å². The van der Waals surface area contributed by atoms with Crippen molar-refractivity contribution in [3.8, 4) is 0 Å². The number of carboxylic acid groups (broad SMARTS) is 1. The molecule has 1 saturated heterocycles. The second-order valence-electron chi connectivity index (χ2n) is 4.95. The molecule has 1 unspecified atom stereocenters. The van der Waals surface area contributed by atoms with Gasteiger partial charge in [-0.2, -0.15) is 0 Å². The summed E-state index contributed by atoms with van der Waals surface area (Å²) >= 11 is 0. The first-order chi connectivity index (χ1) is 8.66. The number of nitrogens with one attached hydrogen (secondary N) is 2. The third-order valence-electron chi connectivity index (χ3n) is 3.49. The van der Waals surface area contributed by atoms with Crippen molar-refractivity contribution in [2.45, 2.75) is 19.4 Å². The molecule has 3 N–H and O–H groups in total. The molecule has 4 nitrogen and oxygen atoms in total. The first-order valence-corrected chi connectivity index (χ1v) is 6.43. The van der Waals surface area contributed by atoms with Crippen LogP contribution in [0.15, 0.2) is 24.3 Å². The van der Waals surface area contributed by atoms with Crippen LogP contribution in [0, 0.1) is 5.92 Å². The number of rotatable bonds is 4. The molecule has 0 bridgehead atoms. The zero-order chi connectivity index (χ0) is 13.0. The Labute approximate surface area is 107 Å². The Morgan fingerprint density at radius 1 is 1.50 bits per heavy atom. The summed E-state index contributed by atoms with van der Waals surface area (Å²) < 4.78 is 0. The minimum absolute atomic E-state index is 0.370. The smallest absolute Gasteiger partial charge is 0.335 e. The SMILES string of the molecule is C[C@H](Cc1cccc(C(=O)O)c1)C1CNCCN1. The van der Waals surface area contributed by atoms with Crippen molar-refractivity contribution in [3.63, 3.8) is 0 Å². The van der Waals surface area contributed by atoms with Crippen molar-refractivity contribution in [1.29, 1.82) is 0 Å². The van der Waals surface area contributed by atoms with Gasteiger partial charge in [0.2, 0.25) is 0 Å². The van der Waals surface area contributed by atoms with Gasteiger partial charge in [0.25, 0.3) is 0 Å². The summed E-state index contributed by atoms with van der Waals surface area (Å²) in [7, 11) is 0. The molecule has 1 aromatic carbocycles. The molecule has 18 heavy (non-hydrogen) atoms. The molecule has 1 aliphatic rings. The maximum absolute atomic E-state index is 10.9. The lowest BCUT2D eigenvalue weighted by Crippen LogP contribution is -2.51. The largest absolute Gasteiger partial charge is 0.478 e. The van der Waals surface area contributed by atoms with Crippen molar-refractivity contribution in [2.24, 2.45) is 5.92 Å². The molecular formula is C14H20N2O2. The molecule has 0 saturated carbocycles. The van der Waals surface area contributed by atoms with Crippen LogP contribution in [-0.4, -0.2) is 36.8 Å². The van der Waals surface area contributed by atoms with Crippen LogP contribution in [0.4, 0.5) is 0 Å². The first-order valence-electron chi connectivity index (χ1n) is 6.43. The van der Waals surface area contributed by atoms with E-state index < -0.39 is 5.97 Å². The Hall–Kier alpha value is -1.39. The van der Waals surface area contributed by atoms with Gasteiger partial charge in [-0.1, -0.05) is 19.1 Å².